The summed E-state index contributed by atoms with van der Waals surface area (Å²) in [6.07, 6.45) is 7.02. The molecule has 36 heavy (non-hydrogen) atoms. The number of thiophene rings is 1. The third-order valence-electron chi connectivity index (χ3n) is 6.35. The molecule has 1 saturated carbocycles. The molecule has 1 aliphatic heterocycles. The molecule has 0 atom stereocenters. The molecule has 0 spiro atoms. The van der Waals surface area contributed by atoms with Crippen molar-refractivity contribution in [3.63, 3.8) is 0 Å². The molecule has 2 aliphatic rings. The smallest absolute Gasteiger partial charge is 0.201 e. The van der Waals surface area contributed by atoms with Gasteiger partial charge in [0.1, 0.15) is 11.5 Å². The number of carbonyl (C=O) groups excluding carboxylic acids is 1. The minimum Gasteiger partial charge on any atom is -0.453 e. The van der Waals surface area contributed by atoms with E-state index in [4.69, 9.17) is 14.2 Å². The normalized spacial score (nSPS) is 16.4. The summed E-state index contributed by atoms with van der Waals surface area (Å²) >= 11 is 1.51. The molecular formula is C28H25FN2O4S. The number of Topliss-reactive ketones (excluding diaryl/α,β-unsaturated/α-hetero) is 1. The molecule has 2 fully saturated rings. The van der Waals surface area contributed by atoms with Gasteiger partial charge in [0.15, 0.2) is 11.6 Å². The molecule has 3 aromatic heterocycles. The number of carbonyl (C=O) groups is 1. The van der Waals surface area contributed by atoms with Gasteiger partial charge in [0, 0.05) is 41.7 Å². The van der Waals surface area contributed by atoms with Crippen LogP contribution in [0.3, 0.4) is 0 Å². The second-order valence-corrected chi connectivity index (χ2v) is 10.3. The molecule has 0 unspecified atom stereocenters. The van der Waals surface area contributed by atoms with Gasteiger partial charge in [-0.3, -0.25) is 14.8 Å². The second-order valence-electron chi connectivity index (χ2n) is 9.26. The molecule has 8 heteroatoms. The quantitative estimate of drug-likeness (QED) is 0.268. The molecule has 0 N–H and O–H groups in total. The predicted molar refractivity (Wildman–Crippen MR) is 135 cm³/mol. The van der Waals surface area contributed by atoms with Crippen molar-refractivity contribution in [3.05, 3.63) is 71.9 Å². The average molecular weight is 505 g/mol. The van der Waals surface area contributed by atoms with E-state index in [2.05, 4.69) is 9.97 Å². The Bertz CT molecular complexity index is 1390. The van der Waals surface area contributed by atoms with E-state index in [1.54, 1.807) is 30.6 Å². The lowest BCUT2D eigenvalue weighted by Crippen LogP contribution is -2.18. The standard InChI is InChI=1S/C28H25FN2O4S/c29-21-14-18(13-20(32)12-17-2-3-17)4-7-24(21)35-25-8-9-30-23-15-26(36-27(23)25)19-5-6-22(31-16-19)28-33-10-1-11-34-28/h4-9,14-17,28H,1-3,10-13H2. The van der Waals surface area contributed by atoms with Crippen LogP contribution in [0.5, 0.6) is 11.5 Å². The maximum atomic E-state index is 14.8. The van der Waals surface area contributed by atoms with Gasteiger partial charge in [-0.1, -0.05) is 12.1 Å². The number of halogens is 1. The first-order valence-electron chi connectivity index (χ1n) is 12.2. The van der Waals surface area contributed by atoms with E-state index in [0.29, 0.717) is 36.9 Å². The molecule has 4 heterocycles. The molecule has 1 aliphatic carbocycles. The van der Waals surface area contributed by atoms with Crippen LogP contribution >= 0.6 is 11.3 Å². The van der Waals surface area contributed by atoms with Crippen LogP contribution in [0.25, 0.3) is 20.7 Å². The number of aromatic nitrogens is 2. The second kappa shape index (κ2) is 10.0. The van der Waals surface area contributed by atoms with E-state index in [0.717, 1.165) is 45.6 Å². The Morgan fingerprint density at radius 2 is 1.92 bits per heavy atom. The fourth-order valence-corrected chi connectivity index (χ4v) is 5.34. The number of hydrogen-bond donors (Lipinski definition) is 0. The third kappa shape index (κ3) is 5.16. The van der Waals surface area contributed by atoms with Crippen LogP contribution in [0.15, 0.2) is 54.9 Å². The maximum absolute atomic E-state index is 14.8. The molecule has 1 saturated heterocycles. The first-order valence-corrected chi connectivity index (χ1v) is 13.0. The van der Waals surface area contributed by atoms with Crippen molar-refractivity contribution in [3.8, 4) is 21.9 Å². The fourth-order valence-electron chi connectivity index (χ4n) is 4.29. The number of nitrogens with zero attached hydrogens (tertiary/aromatic N) is 2. The third-order valence-corrected chi connectivity index (χ3v) is 7.53. The van der Waals surface area contributed by atoms with Crippen LogP contribution in [0.4, 0.5) is 4.39 Å². The average Bonchev–Trinajstić information content (AvgIpc) is 3.60. The van der Waals surface area contributed by atoms with Gasteiger partial charge in [-0.05, 0) is 55.0 Å². The van der Waals surface area contributed by atoms with Crippen molar-refractivity contribution in [2.45, 2.75) is 38.4 Å². The van der Waals surface area contributed by atoms with Crippen molar-refractivity contribution in [1.82, 2.24) is 9.97 Å². The van der Waals surface area contributed by atoms with Crippen LogP contribution < -0.4 is 4.74 Å². The summed E-state index contributed by atoms with van der Waals surface area (Å²) in [5.74, 6) is 0.855. The minimum atomic E-state index is -0.486. The number of hydrogen-bond acceptors (Lipinski definition) is 7. The number of fused-ring (bicyclic) bond motifs is 1. The van der Waals surface area contributed by atoms with E-state index in [1.807, 2.05) is 18.2 Å². The SMILES string of the molecule is O=C(Cc1ccc(Oc2ccnc3cc(-c4ccc(C5OCCCO5)nc4)sc23)c(F)c1)CC1CC1. The van der Waals surface area contributed by atoms with Crippen molar-refractivity contribution < 1.29 is 23.4 Å². The minimum absolute atomic E-state index is 0.120. The van der Waals surface area contributed by atoms with Crippen LogP contribution in [-0.4, -0.2) is 29.0 Å². The van der Waals surface area contributed by atoms with Gasteiger partial charge >= 0.3 is 0 Å². The van der Waals surface area contributed by atoms with E-state index >= 15 is 0 Å². The molecular weight excluding hydrogens is 479 g/mol. The highest BCUT2D eigenvalue weighted by Crippen LogP contribution is 2.40. The number of benzene rings is 1. The highest BCUT2D eigenvalue weighted by molar-refractivity contribution is 7.22. The Morgan fingerprint density at radius 3 is 2.67 bits per heavy atom. The van der Waals surface area contributed by atoms with E-state index in [-0.39, 0.29) is 18.0 Å². The highest BCUT2D eigenvalue weighted by Gasteiger charge is 2.24. The Balaban J connectivity index is 1.20. The van der Waals surface area contributed by atoms with Gasteiger partial charge < -0.3 is 14.2 Å². The van der Waals surface area contributed by atoms with Crippen molar-refractivity contribution >= 4 is 27.3 Å². The molecule has 0 amide bonds. The first-order chi connectivity index (χ1) is 17.6. The number of ketones is 1. The summed E-state index contributed by atoms with van der Waals surface area (Å²) in [6.45, 7) is 1.33. The lowest BCUT2D eigenvalue weighted by Gasteiger charge is -2.22. The van der Waals surface area contributed by atoms with Crippen LogP contribution in [-0.2, 0) is 20.7 Å². The predicted octanol–water partition coefficient (Wildman–Crippen LogP) is 6.64. The fraction of sp³-hybridized carbons (Fsp3) is 0.321. The lowest BCUT2D eigenvalue weighted by atomic mass is 10.0. The number of rotatable bonds is 8. The number of ether oxygens (including phenoxy) is 3. The summed E-state index contributed by atoms with van der Waals surface area (Å²) in [5.41, 5.74) is 3.12. The Hall–Kier alpha value is -3.20. The summed E-state index contributed by atoms with van der Waals surface area (Å²) in [6, 6.07) is 12.3. The monoisotopic (exact) mass is 504 g/mol. The summed E-state index contributed by atoms with van der Waals surface area (Å²) in [7, 11) is 0. The molecule has 0 bridgehead atoms. The summed E-state index contributed by atoms with van der Waals surface area (Å²) in [4.78, 5) is 22.1. The zero-order chi connectivity index (χ0) is 24.5. The van der Waals surface area contributed by atoms with Gasteiger partial charge in [-0.25, -0.2) is 4.39 Å². The van der Waals surface area contributed by atoms with E-state index in [9.17, 15) is 9.18 Å². The molecule has 6 nitrogen and oxygen atoms in total. The van der Waals surface area contributed by atoms with Gasteiger partial charge in [-0.2, -0.15) is 0 Å². The lowest BCUT2D eigenvalue weighted by molar-refractivity contribution is -0.185. The van der Waals surface area contributed by atoms with Gasteiger partial charge in [-0.15, -0.1) is 11.3 Å². The summed E-state index contributed by atoms with van der Waals surface area (Å²) < 4.78 is 32.9. The number of pyridine rings is 2. The van der Waals surface area contributed by atoms with E-state index in [1.165, 1.54) is 17.4 Å². The van der Waals surface area contributed by atoms with Gasteiger partial charge in [0.05, 0.1) is 29.1 Å². The van der Waals surface area contributed by atoms with Crippen LogP contribution in [0.1, 0.15) is 43.2 Å². The van der Waals surface area contributed by atoms with Gasteiger partial charge in [0.25, 0.3) is 0 Å². The van der Waals surface area contributed by atoms with Crippen molar-refractivity contribution in [2.24, 2.45) is 5.92 Å². The summed E-state index contributed by atoms with van der Waals surface area (Å²) in [5, 5.41) is 0. The molecule has 0 radical (unpaired) electrons. The molecule has 6 rings (SSSR count). The Labute approximate surface area is 212 Å². The highest BCUT2D eigenvalue weighted by atomic mass is 32.1. The van der Waals surface area contributed by atoms with Gasteiger partial charge in [0.2, 0.25) is 6.29 Å². The molecule has 1 aromatic carbocycles. The molecule has 184 valence electrons. The topological polar surface area (TPSA) is 70.5 Å². The first kappa shape index (κ1) is 23.2. The molecule has 4 aromatic rings. The van der Waals surface area contributed by atoms with Crippen molar-refractivity contribution in [2.75, 3.05) is 13.2 Å². The Kier molecular flexibility index (Phi) is 6.48. The van der Waals surface area contributed by atoms with Crippen LogP contribution in [0, 0.1) is 11.7 Å². The largest absolute Gasteiger partial charge is 0.453 e. The van der Waals surface area contributed by atoms with Crippen molar-refractivity contribution in [1.29, 1.82) is 0 Å². The zero-order valence-electron chi connectivity index (χ0n) is 19.6. The maximum Gasteiger partial charge on any atom is 0.201 e. The Morgan fingerprint density at radius 1 is 1.06 bits per heavy atom. The van der Waals surface area contributed by atoms with Crippen LogP contribution in [0.2, 0.25) is 0 Å². The zero-order valence-corrected chi connectivity index (χ0v) is 20.4. The van der Waals surface area contributed by atoms with E-state index < -0.39 is 12.1 Å².